The molecule has 0 aromatic heterocycles. The molecule has 1 heterocycles. The van der Waals surface area contributed by atoms with Gasteiger partial charge in [0.1, 0.15) is 6.61 Å². The fraction of sp³-hybridized carbons (Fsp3) is 0.758. The lowest BCUT2D eigenvalue weighted by molar-refractivity contribution is -0.147. The van der Waals surface area contributed by atoms with Crippen LogP contribution in [0.2, 0.25) is 19.1 Å². The van der Waals surface area contributed by atoms with E-state index < -0.39 is 14.3 Å². The number of nitrogens with zero attached hydrogens (tertiary/aromatic N) is 2. The number of fused-ring (bicyclic) bond motifs is 5. The van der Waals surface area contributed by atoms with Crippen molar-refractivity contribution in [2.45, 2.75) is 90.3 Å². The van der Waals surface area contributed by atoms with Crippen LogP contribution in [0.4, 0.5) is 0 Å². The van der Waals surface area contributed by atoms with E-state index in [1.165, 1.54) is 4.90 Å². The second-order valence-electron chi connectivity index (χ2n) is 12.7. The van der Waals surface area contributed by atoms with Crippen molar-refractivity contribution in [2.24, 2.45) is 23.7 Å². The second-order valence-corrected chi connectivity index (χ2v) is 17.0. The van der Waals surface area contributed by atoms with Gasteiger partial charge in [0.2, 0.25) is 17.7 Å². The predicted octanol–water partition coefficient (Wildman–Crippen LogP) is 4.57. The third kappa shape index (κ3) is 10.6. The minimum Gasteiger partial charge on any atom is -0.463 e. The molecule has 0 N–H and O–H groups in total. The van der Waals surface area contributed by atoms with Gasteiger partial charge >= 0.3 is 5.97 Å². The highest BCUT2D eigenvalue weighted by molar-refractivity contribution is 6.71. The van der Waals surface area contributed by atoms with E-state index in [0.717, 1.165) is 64.0 Å². The number of imide groups is 1. The Labute approximate surface area is 259 Å². The summed E-state index contributed by atoms with van der Waals surface area (Å²) in [6.07, 6.45) is 17.1. The minimum atomic E-state index is -1.63. The molecule has 3 aliphatic rings. The van der Waals surface area contributed by atoms with Crippen molar-refractivity contribution in [3.05, 3.63) is 12.2 Å². The van der Waals surface area contributed by atoms with Crippen LogP contribution in [0.25, 0.3) is 0 Å². The Morgan fingerprint density at radius 3 is 2.33 bits per heavy atom. The summed E-state index contributed by atoms with van der Waals surface area (Å²) < 4.78 is 16.8. The van der Waals surface area contributed by atoms with Gasteiger partial charge < -0.3 is 18.8 Å². The Kier molecular flexibility index (Phi) is 14.4. The van der Waals surface area contributed by atoms with Crippen LogP contribution in [0.3, 0.4) is 0 Å². The molecule has 3 amide bonds. The molecular formula is C33H52N2O7Si. The summed E-state index contributed by atoms with van der Waals surface area (Å²) in [5.41, 5.74) is 0. The number of ether oxygens (including phenoxy) is 2. The Morgan fingerprint density at radius 1 is 0.953 bits per heavy atom. The van der Waals surface area contributed by atoms with Crippen LogP contribution < -0.4 is 0 Å². The van der Waals surface area contributed by atoms with E-state index in [2.05, 4.69) is 38.1 Å². The van der Waals surface area contributed by atoms with Gasteiger partial charge in [-0.25, -0.2) is 0 Å². The van der Waals surface area contributed by atoms with Crippen molar-refractivity contribution in [2.75, 3.05) is 46.1 Å². The lowest BCUT2D eigenvalue weighted by Crippen LogP contribution is -2.34. The maximum atomic E-state index is 12.8. The number of rotatable bonds is 22. The van der Waals surface area contributed by atoms with Crippen LogP contribution >= 0.6 is 0 Å². The molecule has 2 bridgehead atoms. The molecule has 0 aromatic carbocycles. The molecule has 0 radical (unpaired) electrons. The molecule has 0 spiro atoms. The van der Waals surface area contributed by atoms with Gasteiger partial charge in [-0.3, -0.25) is 24.1 Å². The van der Waals surface area contributed by atoms with Crippen LogP contribution in [0.5, 0.6) is 0 Å². The number of carbonyl (C=O) groups excluding carboxylic acids is 4. The SMILES string of the molecule is C#CCN(CCCCCCN1C(=O)C2[C@@H](C1=O)[C@@H]1C=C[C@H]2C1)C(=O)CCC(=O)OCCOCCC[Si](C)(C)OCCCC. The van der Waals surface area contributed by atoms with Crippen LogP contribution in [0, 0.1) is 36.0 Å². The third-order valence-electron chi connectivity index (χ3n) is 8.85. The zero-order valence-corrected chi connectivity index (χ0v) is 27.5. The summed E-state index contributed by atoms with van der Waals surface area (Å²) in [4.78, 5) is 53.5. The normalized spacial score (nSPS) is 22.2. The first-order valence-corrected chi connectivity index (χ1v) is 19.4. The topological polar surface area (TPSA) is 102 Å². The smallest absolute Gasteiger partial charge is 0.306 e. The van der Waals surface area contributed by atoms with Gasteiger partial charge in [-0.05, 0) is 63.1 Å². The van der Waals surface area contributed by atoms with E-state index in [9.17, 15) is 19.2 Å². The second kappa shape index (κ2) is 17.7. The Bertz CT molecular complexity index is 993. The van der Waals surface area contributed by atoms with E-state index in [0.29, 0.717) is 26.3 Å². The third-order valence-corrected chi connectivity index (χ3v) is 11.4. The van der Waals surface area contributed by atoms with E-state index in [-0.39, 0.29) is 67.4 Å². The van der Waals surface area contributed by atoms with Gasteiger partial charge in [-0.1, -0.05) is 44.3 Å². The van der Waals surface area contributed by atoms with Gasteiger partial charge in [0.05, 0.1) is 31.4 Å². The number of hydrogen-bond donors (Lipinski definition) is 0. The van der Waals surface area contributed by atoms with Gasteiger partial charge in [0.25, 0.3) is 0 Å². The average molecular weight is 617 g/mol. The Balaban J connectivity index is 1.20. The minimum absolute atomic E-state index is 0.00586. The van der Waals surface area contributed by atoms with Crippen LogP contribution in [-0.4, -0.2) is 87.9 Å². The predicted molar refractivity (Wildman–Crippen MR) is 167 cm³/mol. The molecule has 3 rings (SSSR count). The van der Waals surface area contributed by atoms with Crippen LogP contribution in [0.1, 0.15) is 71.1 Å². The highest BCUT2D eigenvalue weighted by Gasteiger charge is 2.58. The maximum Gasteiger partial charge on any atom is 0.306 e. The standard InChI is InChI=1S/C33H52N2O7Si/c1-5-7-21-42-43(3,4)24-12-20-40-22-23-41-29(37)16-15-28(36)34(17-6-2)18-10-8-9-11-19-35-32(38)30-26-13-14-27(25-26)31(30)33(35)39/h2,13-14,26-27,30-31H,5,7-12,15-25H2,1,3-4H3/t26-,27+,30+,31?/m1/s1. The summed E-state index contributed by atoms with van der Waals surface area (Å²) in [5.74, 6) is 2.16. The summed E-state index contributed by atoms with van der Waals surface area (Å²) >= 11 is 0. The molecule has 9 nitrogen and oxygen atoms in total. The molecule has 1 aliphatic heterocycles. The number of carbonyl (C=O) groups is 4. The van der Waals surface area contributed by atoms with Crippen molar-refractivity contribution < 1.29 is 33.1 Å². The summed E-state index contributed by atoms with van der Waals surface area (Å²) in [7, 11) is -1.63. The molecule has 0 aromatic rings. The van der Waals surface area contributed by atoms with Crippen molar-refractivity contribution >= 4 is 32.0 Å². The lowest BCUT2D eigenvalue weighted by atomic mass is 9.85. The van der Waals surface area contributed by atoms with Crippen molar-refractivity contribution in [3.8, 4) is 12.3 Å². The first-order valence-electron chi connectivity index (χ1n) is 16.3. The summed E-state index contributed by atoms with van der Waals surface area (Å²) in [5, 5.41) is 0. The van der Waals surface area contributed by atoms with Gasteiger partial charge in [-0.2, -0.15) is 0 Å². The molecule has 1 saturated carbocycles. The number of allylic oxidation sites excluding steroid dienone is 2. The molecule has 4 atom stereocenters. The molecular weight excluding hydrogens is 564 g/mol. The quantitative estimate of drug-likeness (QED) is 0.0439. The van der Waals surface area contributed by atoms with Crippen LogP contribution in [-0.2, 0) is 33.1 Å². The first-order chi connectivity index (χ1) is 20.7. The Morgan fingerprint density at radius 2 is 1.65 bits per heavy atom. The molecule has 10 heteroatoms. The number of amides is 3. The number of unbranched alkanes of at least 4 members (excludes halogenated alkanes) is 4. The van der Waals surface area contributed by atoms with E-state index in [4.69, 9.17) is 20.3 Å². The van der Waals surface area contributed by atoms with Crippen LogP contribution in [0.15, 0.2) is 12.2 Å². The van der Waals surface area contributed by atoms with Crippen molar-refractivity contribution in [3.63, 3.8) is 0 Å². The van der Waals surface area contributed by atoms with E-state index in [1.54, 1.807) is 4.90 Å². The molecule has 43 heavy (non-hydrogen) atoms. The fourth-order valence-corrected chi connectivity index (χ4v) is 8.27. The highest BCUT2D eigenvalue weighted by Crippen LogP contribution is 2.52. The molecule has 1 unspecified atom stereocenters. The average Bonchev–Trinajstić information content (AvgIpc) is 3.66. The molecule has 1 saturated heterocycles. The van der Waals surface area contributed by atoms with Gasteiger partial charge in [0, 0.05) is 32.7 Å². The summed E-state index contributed by atoms with van der Waals surface area (Å²) in [6.45, 7) is 9.74. The molecule has 240 valence electrons. The number of esters is 1. The largest absolute Gasteiger partial charge is 0.463 e. The van der Waals surface area contributed by atoms with Crippen molar-refractivity contribution in [1.82, 2.24) is 9.80 Å². The fourth-order valence-electron chi connectivity index (χ4n) is 6.43. The monoisotopic (exact) mass is 616 g/mol. The maximum absolute atomic E-state index is 12.8. The highest BCUT2D eigenvalue weighted by atomic mass is 28.4. The van der Waals surface area contributed by atoms with Gasteiger partial charge in [-0.15, -0.1) is 6.42 Å². The Hall–Kier alpha value is -2.48. The molecule has 2 aliphatic carbocycles. The number of terminal acetylenes is 1. The van der Waals surface area contributed by atoms with E-state index in [1.807, 2.05) is 0 Å². The lowest BCUT2D eigenvalue weighted by Gasteiger charge is -2.22. The summed E-state index contributed by atoms with van der Waals surface area (Å²) in [6, 6.07) is 1.03. The number of likely N-dealkylation sites (tertiary alicyclic amines) is 1. The number of hydrogen-bond acceptors (Lipinski definition) is 7. The molecule has 2 fully saturated rings. The van der Waals surface area contributed by atoms with Gasteiger partial charge in [0.15, 0.2) is 8.32 Å². The first kappa shape index (κ1) is 35.0. The zero-order valence-electron chi connectivity index (χ0n) is 26.5. The zero-order chi connectivity index (χ0) is 31.2. The van der Waals surface area contributed by atoms with E-state index >= 15 is 0 Å². The van der Waals surface area contributed by atoms with Crippen molar-refractivity contribution in [1.29, 1.82) is 0 Å².